The highest BCUT2D eigenvalue weighted by Gasteiger charge is 2.34. The van der Waals surface area contributed by atoms with Gasteiger partial charge in [-0.3, -0.25) is 0 Å². The van der Waals surface area contributed by atoms with Gasteiger partial charge in [-0.25, -0.2) is 4.39 Å². The van der Waals surface area contributed by atoms with Crippen molar-refractivity contribution in [3.63, 3.8) is 0 Å². The number of para-hydroxylation sites is 1. The molecule has 0 radical (unpaired) electrons. The first-order valence-corrected chi connectivity index (χ1v) is 8.00. The predicted molar refractivity (Wildman–Crippen MR) is 87.2 cm³/mol. The molecule has 1 aromatic carbocycles. The Hall–Kier alpha value is -1.13. The Morgan fingerprint density at radius 1 is 1.38 bits per heavy atom. The normalized spacial score (nSPS) is 20.4. The van der Waals surface area contributed by atoms with Crippen molar-refractivity contribution in [1.29, 1.82) is 0 Å². The van der Waals surface area contributed by atoms with Gasteiger partial charge in [0.15, 0.2) is 0 Å². The number of aryl methyl sites for hydroxylation is 1. The van der Waals surface area contributed by atoms with Crippen molar-refractivity contribution < 1.29 is 4.39 Å². The van der Waals surface area contributed by atoms with Crippen LogP contribution in [0.5, 0.6) is 0 Å². The van der Waals surface area contributed by atoms with E-state index in [1.165, 1.54) is 6.07 Å². The van der Waals surface area contributed by atoms with Crippen molar-refractivity contribution in [2.24, 2.45) is 11.1 Å². The molecule has 4 heteroatoms. The molecule has 112 valence electrons. The second kappa shape index (κ2) is 4.96. The fraction of sp³-hybridized carbons (Fsp3) is 0.412. The van der Waals surface area contributed by atoms with Gasteiger partial charge in [0.2, 0.25) is 0 Å². The average Bonchev–Trinajstić information content (AvgIpc) is 2.66. The number of aromatic nitrogens is 1. The Kier molecular flexibility index (Phi) is 3.49. The van der Waals surface area contributed by atoms with Crippen molar-refractivity contribution in [1.82, 2.24) is 4.57 Å². The number of nitrogens with two attached hydrogens (primary N) is 1. The second-order valence-electron chi connectivity index (χ2n) is 6.75. The summed E-state index contributed by atoms with van der Waals surface area (Å²) in [4.78, 5) is 0. The molecule has 0 bridgehead atoms. The maximum absolute atomic E-state index is 14.4. The first-order chi connectivity index (χ1) is 9.80. The Bertz CT molecular complexity index is 683. The van der Waals surface area contributed by atoms with Gasteiger partial charge in [-0.1, -0.05) is 19.9 Å². The Balaban J connectivity index is 2.26. The molecule has 0 saturated heterocycles. The minimum Gasteiger partial charge on any atom is -0.324 e. The van der Waals surface area contributed by atoms with E-state index in [-0.39, 0.29) is 17.3 Å². The molecule has 1 heterocycles. The van der Waals surface area contributed by atoms with E-state index in [1.54, 1.807) is 6.07 Å². The molecule has 0 saturated carbocycles. The van der Waals surface area contributed by atoms with Gasteiger partial charge in [0.1, 0.15) is 5.82 Å². The van der Waals surface area contributed by atoms with Gasteiger partial charge < -0.3 is 10.3 Å². The summed E-state index contributed by atoms with van der Waals surface area (Å²) in [6, 6.07) is 7.21. The van der Waals surface area contributed by atoms with Crippen LogP contribution in [0.25, 0.3) is 5.69 Å². The fourth-order valence-corrected chi connectivity index (χ4v) is 3.98. The van der Waals surface area contributed by atoms with Gasteiger partial charge in [-0.2, -0.15) is 0 Å². The predicted octanol–water partition coefficient (Wildman–Crippen LogP) is 4.66. The Labute approximate surface area is 133 Å². The van der Waals surface area contributed by atoms with E-state index in [2.05, 4.69) is 35.8 Å². The zero-order chi connectivity index (χ0) is 15.4. The van der Waals surface area contributed by atoms with Crippen LogP contribution in [-0.4, -0.2) is 4.57 Å². The van der Waals surface area contributed by atoms with E-state index < -0.39 is 0 Å². The molecule has 0 amide bonds. The third kappa shape index (κ3) is 2.44. The van der Waals surface area contributed by atoms with Crippen molar-refractivity contribution in [3.8, 4) is 5.69 Å². The minimum absolute atomic E-state index is 0.0225. The summed E-state index contributed by atoms with van der Waals surface area (Å²) in [5.41, 5.74) is 10.4. The van der Waals surface area contributed by atoms with Gasteiger partial charge in [-0.05, 0) is 64.9 Å². The van der Waals surface area contributed by atoms with Crippen LogP contribution in [0.3, 0.4) is 0 Å². The first-order valence-electron chi connectivity index (χ1n) is 7.21. The Morgan fingerprint density at radius 2 is 2.10 bits per heavy atom. The van der Waals surface area contributed by atoms with E-state index >= 15 is 0 Å². The zero-order valence-corrected chi connectivity index (χ0v) is 14.2. The van der Waals surface area contributed by atoms with Crippen molar-refractivity contribution in [2.75, 3.05) is 0 Å². The van der Waals surface area contributed by atoms with E-state index in [0.717, 1.165) is 34.3 Å². The van der Waals surface area contributed by atoms with Crippen LogP contribution < -0.4 is 5.73 Å². The average molecular weight is 351 g/mol. The quantitative estimate of drug-likeness (QED) is 0.796. The highest BCUT2D eigenvalue weighted by molar-refractivity contribution is 9.10. The number of hydrogen-bond acceptors (Lipinski definition) is 1. The summed E-state index contributed by atoms with van der Waals surface area (Å²) in [7, 11) is 0. The maximum atomic E-state index is 14.4. The molecular weight excluding hydrogens is 331 g/mol. The third-order valence-corrected chi connectivity index (χ3v) is 4.94. The van der Waals surface area contributed by atoms with Crippen LogP contribution in [0, 0.1) is 18.2 Å². The number of fused-ring (bicyclic) bond motifs is 1. The monoisotopic (exact) mass is 350 g/mol. The molecule has 2 nitrogen and oxygen atoms in total. The van der Waals surface area contributed by atoms with Gasteiger partial charge in [0.05, 0.1) is 5.69 Å². The number of nitrogens with zero attached hydrogens (tertiary/aromatic N) is 1. The molecule has 1 aliphatic rings. The van der Waals surface area contributed by atoms with Crippen LogP contribution in [0.1, 0.15) is 43.3 Å². The fourth-order valence-electron chi connectivity index (χ4n) is 3.46. The summed E-state index contributed by atoms with van der Waals surface area (Å²) in [5.74, 6) is -0.220. The van der Waals surface area contributed by atoms with Crippen LogP contribution in [0.2, 0.25) is 0 Å². The maximum Gasteiger partial charge on any atom is 0.148 e. The molecular formula is C17H20BrFN2. The third-order valence-electron chi connectivity index (χ3n) is 4.30. The zero-order valence-electron chi connectivity index (χ0n) is 12.6. The molecule has 21 heavy (non-hydrogen) atoms. The van der Waals surface area contributed by atoms with E-state index in [1.807, 2.05) is 17.6 Å². The summed E-state index contributed by atoms with van der Waals surface area (Å²) in [6.07, 6.45) is 1.87. The molecule has 0 fully saturated rings. The molecule has 2 aromatic rings. The highest BCUT2D eigenvalue weighted by atomic mass is 79.9. The van der Waals surface area contributed by atoms with Gasteiger partial charge in [-0.15, -0.1) is 0 Å². The molecule has 1 unspecified atom stereocenters. The largest absolute Gasteiger partial charge is 0.324 e. The van der Waals surface area contributed by atoms with Crippen LogP contribution in [-0.2, 0) is 6.42 Å². The van der Waals surface area contributed by atoms with Gasteiger partial charge in [0, 0.05) is 21.9 Å². The summed E-state index contributed by atoms with van der Waals surface area (Å²) < 4.78 is 17.2. The van der Waals surface area contributed by atoms with Crippen molar-refractivity contribution >= 4 is 15.9 Å². The lowest BCUT2D eigenvalue weighted by atomic mass is 9.74. The molecule has 1 aromatic heterocycles. The molecule has 0 spiro atoms. The SMILES string of the molecule is Cc1cc2c(n1-c1c(F)cccc1Br)CC(C)(C)CC2N. The topological polar surface area (TPSA) is 30.9 Å². The molecule has 1 atom stereocenters. The lowest BCUT2D eigenvalue weighted by molar-refractivity contribution is 0.278. The van der Waals surface area contributed by atoms with E-state index in [9.17, 15) is 4.39 Å². The summed E-state index contributed by atoms with van der Waals surface area (Å²) in [6.45, 7) is 6.45. The smallest absolute Gasteiger partial charge is 0.148 e. The molecule has 1 aliphatic carbocycles. The number of hydrogen-bond donors (Lipinski definition) is 1. The molecule has 2 N–H and O–H groups in total. The van der Waals surface area contributed by atoms with E-state index in [0.29, 0.717) is 5.69 Å². The molecule has 3 rings (SSSR count). The molecule has 0 aliphatic heterocycles. The van der Waals surface area contributed by atoms with Crippen molar-refractivity contribution in [2.45, 2.75) is 39.7 Å². The lowest BCUT2D eigenvalue weighted by Gasteiger charge is -2.34. The van der Waals surface area contributed by atoms with Gasteiger partial charge in [0.25, 0.3) is 0 Å². The first kappa shape index (κ1) is 14.8. The van der Waals surface area contributed by atoms with Crippen LogP contribution >= 0.6 is 15.9 Å². The van der Waals surface area contributed by atoms with Gasteiger partial charge >= 0.3 is 0 Å². The van der Waals surface area contributed by atoms with E-state index in [4.69, 9.17) is 5.73 Å². The lowest BCUT2D eigenvalue weighted by Crippen LogP contribution is -2.30. The number of halogens is 2. The summed E-state index contributed by atoms with van der Waals surface area (Å²) in [5, 5.41) is 0. The van der Waals surface area contributed by atoms with Crippen LogP contribution in [0.4, 0.5) is 4.39 Å². The van der Waals surface area contributed by atoms with Crippen molar-refractivity contribution in [3.05, 3.63) is 51.5 Å². The number of rotatable bonds is 1. The highest BCUT2D eigenvalue weighted by Crippen LogP contribution is 2.42. The standard InChI is InChI=1S/C17H20BrFN2/c1-10-7-11-14(20)8-17(2,3)9-15(11)21(10)16-12(18)5-4-6-13(16)19/h4-7,14H,8-9,20H2,1-3H3. The number of benzene rings is 1. The Morgan fingerprint density at radius 3 is 2.76 bits per heavy atom. The second-order valence-corrected chi connectivity index (χ2v) is 7.60. The van der Waals surface area contributed by atoms with Crippen LogP contribution in [0.15, 0.2) is 28.7 Å². The summed E-state index contributed by atoms with van der Waals surface area (Å²) >= 11 is 3.48. The minimum atomic E-state index is -0.220.